The van der Waals surface area contributed by atoms with Crippen molar-refractivity contribution in [1.82, 2.24) is 9.88 Å². The number of benzene rings is 1. The van der Waals surface area contributed by atoms with Gasteiger partial charge in [0.25, 0.3) is 0 Å². The predicted molar refractivity (Wildman–Crippen MR) is 130 cm³/mol. The minimum atomic E-state index is 0.0358. The van der Waals surface area contributed by atoms with Gasteiger partial charge >= 0.3 is 0 Å². The molecule has 33 heavy (non-hydrogen) atoms. The van der Waals surface area contributed by atoms with Crippen LogP contribution in [0.5, 0.6) is 5.75 Å². The second-order valence-electron chi connectivity index (χ2n) is 8.01. The van der Waals surface area contributed by atoms with Gasteiger partial charge in [0.15, 0.2) is 6.29 Å². The topological polar surface area (TPSA) is 62.7 Å². The minimum absolute atomic E-state index is 0.0358. The summed E-state index contributed by atoms with van der Waals surface area (Å²) in [6.45, 7) is 1.51. The van der Waals surface area contributed by atoms with Crippen LogP contribution in [0.3, 0.4) is 0 Å². The number of methoxy groups -OCH3 is 1. The second kappa shape index (κ2) is 10.5. The fourth-order valence-electron chi connectivity index (χ4n) is 4.14. The molecule has 170 valence electrons. The molecule has 2 aromatic rings. The molecule has 0 atom stereocenters. The molecule has 0 fully saturated rings. The van der Waals surface area contributed by atoms with E-state index in [0.717, 1.165) is 36.7 Å². The molecule has 1 aromatic heterocycles. The summed E-state index contributed by atoms with van der Waals surface area (Å²) in [7, 11) is 1.61. The number of hydrogen-bond acceptors (Lipinski definition) is 5. The maximum absolute atomic E-state index is 13.2. The molecule has 0 saturated carbocycles. The third-order valence-corrected chi connectivity index (χ3v) is 6.19. The van der Waals surface area contributed by atoms with E-state index >= 15 is 0 Å². The molecule has 0 aliphatic carbocycles. The van der Waals surface area contributed by atoms with E-state index in [1.165, 1.54) is 5.57 Å². The first kappa shape index (κ1) is 22.8. The van der Waals surface area contributed by atoms with Crippen LogP contribution in [0.1, 0.15) is 24.0 Å². The zero-order chi connectivity index (χ0) is 23.2. The Morgan fingerprint density at radius 2 is 2.15 bits per heavy atom. The van der Waals surface area contributed by atoms with Crippen LogP contribution in [0.2, 0.25) is 5.02 Å². The lowest BCUT2D eigenvalue weighted by Crippen LogP contribution is -2.39. The van der Waals surface area contributed by atoms with Crippen LogP contribution in [0.4, 0.5) is 5.82 Å². The summed E-state index contributed by atoms with van der Waals surface area (Å²) >= 11 is 6.14. The summed E-state index contributed by atoms with van der Waals surface area (Å²) in [5.41, 5.74) is 3.71. The Morgan fingerprint density at radius 1 is 1.27 bits per heavy atom. The monoisotopic (exact) mass is 463 g/mol. The summed E-state index contributed by atoms with van der Waals surface area (Å²) in [4.78, 5) is 32.8. The normalized spacial score (nSPS) is 15.7. The second-order valence-corrected chi connectivity index (χ2v) is 8.42. The van der Waals surface area contributed by atoms with Gasteiger partial charge in [0, 0.05) is 36.6 Å². The molecule has 6 nitrogen and oxygen atoms in total. The number of carbonyl (C=O) groups excluding carboxylic acids is 2. The van der Waals surface area contributed by atoms with Gasteiger partial charge in [0.2, 0.25) is 5.91 Å². The average molecular weight is 464 g/mol. The van der Waals surface area contributed by atoms with E-state index in [1.54, 1.807) is 37.7 Å². The van der Waals surface area contributed by atoms with Crippen LogP contribution in [0.25, 0.3) is 5.57 Å². The van der Waals surface area contributed by atoms with Gasteiger partial charge in [-0.05, 0) is 61.2 Å². The lowest BCUT2D eigenvalue weighted by molar-refractivity contribution is -0.129. The van der Waals surface area contributed by atoms with Crippen molar-refractivity contribution in [2.75, 3.05) is 31.6 Å². The van der Waals surface area contributed by atoms with Gasteiger partial charge in [-0.3, -0.25) is 9.59 Å². The molecule has 0 saturated heterocycles. The van der Waals surface area contributed by atoms with Crippen LogP contribution < -0.4 is 9.64 Å². The van der Waals surface area contributed by atoms with E-state index in [4.69, 9.17) is 16.3 Å². The number of amides is 1. The van der Waals surface area contributed by atoms with E-state index in [2.05, 4.69) is 11.1 Å². The highest BCUT2D eigenvalue weighted by atomic mass is 35.5. The molecule has 0 radical (unpaired) electrons. The van der Waals surface area contributed by atoms with Crippen molar-refractivity contribution < 1.29 is 14.3 Å². The van der Waals surface area contributed by atoms with Crippen LogP contribution in [-0.4, -0.2) is 48.8 Å². The zero-order valence-corrected chi connectivity index (χ0v) is 19.3. The quantitative estimate of drug-likeness (QED) is 0.467. The molecule has 1 amide bonds. The Kier molecular flexibility index (Phi) is 7.25. The maximum atomic E-state index is 13.2. The van der Waals surface area contributed by atoms with Crippen LogP contribution >= 0.6 is 11.6 Å². The molecule has 0 N–H and O–H groups in total. The predicted octanol–water partition coefficient (Wildman–Crippen LogP) is 4.45. The van der Waals surface area contributed by atoms with Gasteiger partial charge in [-0.15, -0.1) is 0 Å². The Morgan fingerprint density at radius 3 is 2.97 bits per heavy atom. The number of hydrogen-bond donors (Lipinski definition) is 0. The molecule has 7 heteroatoms. The van der Waals surface area contributed by atoms with Crippen molar-refractivity contribution in [1.29, 1.82) is 0 Å². The zero-order valence-electron chi connectivity index (χ0n) is 18.5. The number of aldehydes is 1. The number of allylic oxidation sites excluding steroid dienone is 3. The highest BCUT2D eigenvalue weighted by Crippen LogP contribution is 2.28. The molecule has 0 spiro atoms. The average Bonchev–Trinajstić information content (AvgIpc) is 3.17. The molecular formula is C26H26ClN3O3. The van der Waals surface area contributed by atoms with Gasteiger partial charge in [0.05, 0.1) is 12.1 Å². The first-order valence-electron chi connectivity index (χ1n) is 10.9. The van der Waals surface area contributed by atoms with E-state index in [-0.39, 0.29) is 12.5 Å². The molecule has 2 aliphatic rings. The largest absolute Gasteiger partial charge is 0.495 e. The Balaban J connectivity index is 1.39. The Labute approximate surface area is 198 Å². The SMILES string of the molecule is COc1cc(CC2=CCCN(C(=O)CN3C=CC=C(C=O)c4cccnc43)CC2)ccc1Cl. The molecule has 0 unspecified atom stereocenters. The van der Waals surface area contributed by atoms with E-state index in [1.807, 2.05) is 34.1 Å². The van der Waals surface area contributed by atoms with Crippen molar-refractivity contribution in [3.63, 3.8) is 0 Å². The minimum Gasteiger partial charge on any atom is -0.495 e. The lowest BCUT2D eigenvalue weighted by Gasteiger charge is -2.26. The number of rotatable bonds is 6. The van der Waals surface area contributed by atoms with Gasteiger partial charge in [-0.25, -0.2) is 4.98 Å². The third kappa shape index (κ3) is 5.34. The maximum Gasteiger partial charge on any atom is 0.242 e. The Bertz CT molecular complexity index is 1140. The summed E-state index contributed by atoms with van der Waals surface area (Å²) in [5, 5.41) is 0.599. The number of pyridine rings is 1. The van der Waals surface area contributed by atoms with E-state index in [9.17, 15) is 9.59 Å². The first-order valence-corrected chi connectivity index (χ1v) is 11.3. The lowest BCUT2D eigenvalue weighted by atomic mass is 10.0. The summed E-state index contributed by atoms with van der Waals surface area (Å²) in [5.74, 6) is 1.32. The molecule has 0 bridgehead atoms. The highest BCUT2D eigenvalue weighted by molar-refractivity contribution is 6.32. The van der Waals surface area contributed by atoms with Gasteiger partial charge in [-0.2, -0.15) is 0 Å². The molecule has 2 aliphatic heterocycles. The standard InChI is InChI=1S/C26H26ClN3O3/c1-33-24-16-20(8-9-23(24)27)15-19-5-3-12-29(14-10-19)25(32)17-30-13-4-6-21(18-31)22-7-2-11-28-26(22)30/h2,4-9,11,13,16,18H,3,10,12,14-15,17H2,1H3. The molecule has 4 rings (SSSR count). The number of halogens is 1. The van der Waals surface area contributed by atoms with Crippen LogP contribution in [0.15, 0.2) is 66.5 Å². The number of anilines is 1. The molecular weight excluding hydrogens is 438 g/mol. The van der Waals surface area contributed by atoms with E-state index in [0.29, 0.717) is 35.3 Å². The number of carbonyl (C=O) groups is 2. The van der Waals surface area contributed by atoms with Crippen LogP contribution in [-0.2, 0) is 16.0 Å². The number of fused-ring (bicyclic) bond motifs is 1. The summed E-state index contributed by atoms with van der Waals surface area (Å²) < 4.78 is 5.33. The third-order valence-electron chi connectivity index (χ3n) is 5.88. The van der Waals surface area contributed by atoms with Gasteiger partial charge in [-0.1, -0.05) is 29.3 Å². The first-order chi connectivity index (χ1) is 16.1. The number of ether oxygens (including phenoxy) is 1. The summed E-state index contributed by atoms with van der Waals surface area (Å²) in [6, 6.07) is 9.47. The van der Waals surface area contributed by atoms with Crippen molar-refractivity contribution in [2.45, 2.75) is 19.3 Å². The fraction of sp³-hybridized carbons (Fsp3) is 0.269. The van der Waals surface area contributed by atoms with Crippen molar-refractivity contribution >= 4 is 35.2 Å². The Hall–Kier alpha value is -3.38. The summed E-state index contributed by atoms with van der Waals surface area (Å²) in [6.07, 6.45) is 12.5. The molecule has 3 heterocycles. The molecule has 1 aromatic carbocycles. The van der Waals surface area contributed by atoms with Gasteiger partial charge < -0.3 is 14.5 Å². The highest BCUT2D eigenvalue weighted by Gasteiger charge is 2.22. The fourth-order valence-corrected chi connectivity index (χ4v) is 4.34. The van der Waals surface area contributed by atoms with Crippen molar-refractivity contribution in [2.24, 2.45) is 0 Å². The number of nitrogens with zero attached hydrogens (tertiary/aromatic N) is 3. The smallest absolute Gasteiger partial charge is 0.242 e. The van der Waals surface area contributed by atoms with E-state index < -0.39 is 0 Å². The van der Waals surface area contributed by atoms with Crippen LogP contribution in [0, 0.1) is 0 Å². The van der Waals surface area contributed by atoms with Crippen molar-refractivity contribution in [3.05, 3.63) is 82.7 Å². The van der Waals surface area contributed by atoms with Gasteiger partial charge in [0.1, 0.15) is 18.1 Å². The number of aromatic nitrogens is 1. The van der Waals surface area contributed by atoms with Crippen molar-refractivity contribution in [3.8, 4) is 5.75 Å².